The summed E-state index contributed by atoms with van der Waals surface area (Å²) in [6.45, 7) is 6.12. The molecule has 2 N–H and O–H groups in total. The lowest BCUT2D eigenvalue weighted by Gasteiger charge is -2.37. The van der Waals surface area contributed by atoms with Crippen LogP contribution >= 0.6 is 0 Å². The minimum Gasteiger partial charge on any atom is -0.368 e. The van der Waals surface area contributed by atoms with Crippen LogP contribution in [-0.2, 0) is 0 Å². The molecule has 1 aromatic carbocycles. The second-order valence-corrected chi connectivity index (χ2v) is 5.09. The minimum absolute atomic E-state index is 0.213. The molecule has 17 heavy (non-hydrogen) atoms. The molecular weight excluding hydrogens is 210 g/mol. The largest absolute Gasteiger partial charge is 0.368 e. The first-order chi connectivity index (χ1) is 8.11. The lowest BCUT2D eigenvalue weighted by Crippen LogP contribution is -2.46. The molecular formula is C14H19N3. The Hall–Kier alpha value is -1.53. The maximum Gasteiger partial charge on any atom is 0.101 e. The Morgan fingerprint density at radius 3 is 2.82 bits per heavy atom. The van der Waals surface area contributed by atoms with Crippen LogP contribution in [-0.4, -0.2) is 19.1 Å². The van der Waals surface area contributed by atoms with Crippen LogP contribution in [0.5, 0.6) is 0 Å². The molecule has 1 saturated heterocycles. The summed E-state index contributed by atoms with van der Waals surface area (Å²) in [5, 5.41) is 9.20. The van der Waals surface area contributed by atoms with Crippen molar-refractivity contribution in [3.8, 4) is 6.07 Å². The summed E-state index contributed by atoms with van der Waals surface area (Å²) in [5.74, 6) is 0.588. The number of nitrogens with zero attached hydrogens (tertiary/aromatic N) is 2. The highest BCUT2D eigenvalue weighted by molar-refractivity contribution is 5.64. The predicted molar refractivity (Wildman–Crippen MR) is 69.9 cm³/mol. The summed E-state index contributed by atoms with van der Waals surface area (Å²) >= 11 is 0. The van der Waals surface area contributed by atoms with Crippen molar-refractivity contribution in [2.75, 3.05) is 18.0 Å². The third-order valence-electron chi connectivity index (χ3n) is 3.37. The van der Waals surface area contributed by atoms with Gasteiger partial charge in [-0.15, -0.1) is 0 Å². The normalized spacial score (nSPS) is 24.5. The summed E-state index contributed by atoms with van der Waals surface area (Å²) in [4.78, 5) is 2.27. The summed E-state index contributed by atoms with van der Waals surface area (Å²) in [7, 11) is 0. The van der Waals surface area contributed by atoms with Gasteiger partial charge in [0.1, 0.15) is 6.07 Å². The molecule has 0 aromatic heterocycles. The van der Waals surface area contributed by atoms with Crippen LogP contribution in [0.15, 0.2) is 18.2 Å². The third kappa shape index (κ3) is 2.42. The monoisotopic (exact) mass is 229 g/mol. The molecule has 0 spiro atoms. The molecule has 1 aliphatic rings. The van der Waals surface area contributed by atoms with Crippen LogP contribution in [0.2, 0.25) is 0 Å². The van der Waals surface area contributed by atoms with E-state index in [1.165, 1.54) is 0 Å². The molecule has 3 nitrogen and oxygen atoms in total. The number of benzene rings is 1. The molecule has 1 aliphatic heterocycles. The van der Waals surface area contributed by atoms with Crippen LogP contribution in [0, 0.1) is 24.2 Å². The van der Waals surface area contributed by atoms with Gasteiger partial charge in [-0.2, -0.15) is 5.26 Å². The highest BCUT2D eigenvalue weighted by Gasteiger charge is 2.24. The van der Waals surface area contributed by atoms with Crippen LogP contribution in [0.4, 0.5) is 5.69 Å². The zero-order chi connectivity index (χ0) is 12.4. The molecule has 2 rings (SSSR count). The molecule has 90 valence electrons. The molecule has 0 radical (unpaired) electrons. The Balaban J connectivity index is 2.36. The fraction of sp³-hybridized carbons (Fsp3) is 0.500. The van der Waals surface area contributed by atoms with Gasteiger partial charge in [0.05, 0.1) is 11.3 Å². The number of para-hydroxylation sites is 1. The summed E-state index contributed by atoms with van der Waals surface area (Å²) in [5.41, 5.74) is 9.05. The number of aryl methyl sites for hydroxylation is 1. The van der Waals surface area contributed by atoms with E-state index < -0.39 is 0 Å². The van der Waals surface area contributed by atoms with E-state index in [-0.39, 0.29) is 6.04 Å². The predicted octanol–water partition coefficient (Wildman–Crippen LogP) is 2.04. The Morgan fingerprint density at radius 1 is 1.41 bits per heavy atom. The Labute approximate surface area is 103 Å². The second-order valence-electron chi connectivity index (χ2n) is 5.09. The van der Waals surface area contributed by atoms with Gasteiger partial charge in [-0.25, -0.2) is 0 Å². The van der Waals surface area contributed by atoms with Crippen molar-refractivity contribution in [3.63, 3.8) is 0 Å². The molecule has 2 atom stereocenters. The van der Waals surface area contributed by atoms with Gasteiger partial charge in [-0.05, 0) is 30.9 Å². The van der Waals surface area contributed by atoms with Crippen molar-refractivity contribution in [2.24, 2.45) is 11.7 Å². The van der Waals surface area contributed by atoms with Gasteiger partial charge in [0.25, 0.3) is 0 Å². The molecule has 2 unspecified atom stereocenters. The first-order valence-electron chi connectivity index (χ1n) is 6.12. The van der Waals surface area contributed by atoms with Crippen molar-refractivity contribution in [2.45, 2.75) is 26.3 Å². The molecule has 3 heteroatoms. The summed E-state index contributed by atoms with van der Waals surface area (Å²) in [6.07, 6.45) is 1.07. The maximum absolute atomic E-state index is 9.20. The molecule has 1 heterocycles. The van der Waals surface area contributed by atoms with E-state index in [1.807, 2.05) is 12.1 Å². The first-order valence-corrected chi connectivity index (χ1v) is 6.12. The number of anilines is 1. The van der Waals surface area contributed by atoms with E-state index in [1.54, 1.807) is 0 Å². The zero-order valence-electron chi connectivity index (χ0n) is 10.5. The van der Waals surface area contributed by atoms with E-state index in [2.05, 4.69) is 30.9 Å². The number of hydrogen-bond donors (Lipinski definition) is 1. The Kier molecular flexibility index (Phi) is 3.35. The van der Waals surface area contributed by atoms with Crippen LogP contribution < -0.4 is 10.6 Å². The second kappa shape index (κ2) is 4.77. The number of nitrogens with two attached hydrogens (primary N) is 1. The van der Waals surface area contributed by atoms with E-state index in [4.69, 9.17) is 5.73 Å². The fourth-order valence-corrected chi connectivity index (χ4v) is 2.75. The standard InChI is InChI=1S/C14H19N3/c1-10-6-13(16)9-17(8-10)14-11(2)4-3-5-12(14)7-15/h3-5,10,13H,6,8-9,16H2,1-2H3. The van der Waals surface area contributed by atoms with E-state index in [0.717, 1.165) is 36.3 Å². The molecule has 0 aliphatic carbocycles. The number of rotatable bonds is 1. The van der Waals surface area contributed by atoms with Gasteiger partial charge < -0.3 is 10.6 Å². The van der Waals surface area contributed by atoms with E-state index in [9.17, 15) is 5.26 Å². The Bertz CT molecular complexity index is 437. The van der Waals surface area contributed by atoms with Gasteiger partial charge in [0, 0.05) is 19.1 Å². The average molecular weight is 229 g/mol. The van der Waals surface area contributed by atoms with Crippen molar-refractivity contribution < 1.29 is 0 Å². The highest BCUT2D eigenvalue weighted by Crippen LogP contribution is 2.28. The lowest BCUT2D eigenvalue weighted by molar-refractivity contribution is 0.401. The number of hydrogen-bond acceptors (Lipinski definition) is 3. The van der Waals surface area contributed by atoms with Gasteiger partial charge in [-0.3, -0.25) is 0 Å². The minimum atomic E-state index is 0.213. The van der Waals surface area contributed by atoms with Gasteiger partial charge in [0.15, 0.2) is 0 Å². The van der Waals surface area contributed by atoms with Crippen molar-refractivity contribution in [3.05, 3.63) is 29.3 Å². The number of piperidine rings is 1. The fourth-order valence-electron chi connectivity index (χ4n) is 2.75. The quantitative estimate of drug-likeness (QED) is 0.801. The SMILES string of the molecule is Cc1cccc(C#N)c1N1CC(C)CC(N)C1. The zero-order valence-corrected chi connectivity index (χ0v) is 10.5. The molecule has 0 bridgehead atoms. The van der Waals surface area contributed by atoms with Crippen LogP contribution in [0.25, 0.3) is 0 Å². The highest BCUT2D eigenvalue weighted by atomic mass is 15.2. The third-order valence-corrected chi connectivity index (χ3v) is 3.37. The van der Waals surface area contributed by atoms with Crippen molar-refractivity contribution in [1.82, 2.24) is 0 Å². The van der Waals surface area contributed by atoms with Gasteiger partial charge >= 0.3 is 0 Å². The molecule has 0 amide bonds. The molecule has 1 fully saturated rings. The van der Waals surface area contributed by atoms with E-state index in [0.29, 0.717) is 5.92 Å². The molecule has 1 aromatic rings. The average Bonchev–Trinajstić information content (AvgIpc) is 2.27. The van der Waals surface area contributed by atoms with Gasteiger partial charge in [0.2, 0.25) is 0 Å². The number of nitriles is 1. The molecule has 0 saturated carbocycles. The maximum atomic E-state index is 9.20. The lowest BCUT2D eigenvalue weighted by atomic mass is 9.94. The topological polar surface area (TPSA) is 53.0 Å². The van der Waals surface area contributed by atoms with Crippen LogP contribution in [0.1, 0.15) is 24.5 Å². The summed E-state index contributed by atoms with van der Waals surface area (Å²) in [6, 6.07) is 8.37. The Morgan fingerprint density at radius 2 is 2.18 bits per heavy atom. The smallest absolute Gasteiger partial charge is 0.101 e. The van der Waals surface area contributed by atoms with Gasteiger partial charge in [-0.1, -0.05) is 19.1 Å². The van der Waals surface area contributed by atoms with Crippen molar-refractivity contribution in [1.29, 1.82) is 5.26 Å². The van der Waals surface area contributed by atoms with Crippen LogP contribution in [0.3, 0.4) is 0 Å². The van der Waals surface area contributed by atoms with Crippen molar-refractivity contribution >= 4 is 5.69 Å². The first kappa shape index (κ1) is 11.9. The van der Waals surface area contributed by atoms with E-state index >= 15 is 0 Å². The summed E-state index contributed by atoms with van der Waals surface area (Å²) < 4.78 is 0.